The fraction of sp³-hybridized carbons (Fsp3) is 0.647. The van der Waals surface area contributed by atoms with Crippen molar-refractivity contribution in [3.05, 3.63) is 23.8 Å². The van der Waals surface area contributed by atoms with Crippen LogP contribution in [0.1, 0.15) is 18.9 Å². The van der Waals surface area contributed by atoms with Crippen molar-refractivity contribution in [1.29, 1.82) is 0 Å². The monoisotopic (exact) mass is 308 g/mol. The lowest BCUT2D eigenvalue weighted by molar-refractivity contribution is 0.0684. The molecule has 1 heterocycles. The standard InChI is InChI=1S/C17H28N2O3/c1-4-15(20)13-19-9-7-18(8-10-19)12-14-11-16(21-2)5-6-17(14)22-3/h5-6,11,15,20H,4,7-10,12-13H2,1-3H3. The molecule has 0 radical (unpaired) electrons. The van der Waals surface area contributed by atoms with Crippen molar-refractivity contribution < 1.29 is 14.6 Å². The molecule has 1 aliphatic heterocycles. The van der Waals surface area contributed by atoms with Crippen molar-refractivity contribution in [2.24, 2.45) is 0 Å². The van der Waals surface area contributed by atoms with E-state index in [1.54, 1.807) is 14.2 Å². The molecule has 1 N–H and O–H groups in total. The van der Waals surface area contributed by atoms with E-state index in [0.717, 1.165) is 62.8 Å². The second-order valence-electron chi connectivity index (χ2n) is 5.82. The summed E-state index contributed by atoms with van der Waals surface area (Å²) in [6.07, 6.45) is 0.617. The highest BCUT2D eigenvalue weighted by Gasteiger charge is 2.19. The fourth-order valence-electron chi connectivity index (χ4n) is 2.80. The summed E-state index contributed by atoms with van der Waals surface area (Å²) in [7, 11) is 3.39. The Hall–Kier alpha value is -1.30. The SMILES string of the molecule is CCC(O)CN1CCN(Cc2cc(OC)ccc2OC)CC1. The van der Waals surface area contributed by atoms with E-state index in [0.29, 0.717) is 0 Å². The Morgan fingerprint density at radius 3 is 2.36 bits per heavy atom. The molecule has 1 aromatic carbocycles. The van der Waals surface area contributed by atoms with Gasteiger partial charge in [-0.15, -0.1) is 0 Å². The van der Waals surface area contributed by atoms with Crippen LogP contribution in [0.15, 0.2) is 18.2 Å². The van der Waals surface area contributed by atoms with Crippen LogP contribution in [0.2, 0.25) is 0 Å². The minimum atomic E-state index is -0.204. The third-order valence-corrected chi connectivity index (χ3v) is 4.29. The summed E-state index contributed by atoms with van der Waals surface area (Å²) in [4.78, 5) is 4.76. The van der Waals surface area contributed by atoms with Crippen LogP contribution >= 0.6 is 0 Å². The Bertz CT molecular complexity index is 459. The molecule has 1 saturated heterocycles. The highest BCUT2D eigenvalue weighted by atomic mass is 16.5. The summed E-state index contributed by atoms with van der Waals surface area (Å²) in [5.41, 5.74) is 1.16. The molecule has 1 fully saturated rings. The van der Waals surface area contributed by atoms with Crippen molar-refractivity contribution >= 4 is 0 Å². The van der Waals surface area contributed by atoms with Crippen molar-refractivity contribution in [3.8, 4) is 11.5 Å². The summed E-state index contributed by atoms with van der Waals surface area (Å²) in [5.74, 6) is 1.77. The first kappa shape index (κ1) is 17.1. The molecular weight excluding hydrogens is 280 g/mol. The maximum Gasteiger partial charge on any atom is 0.123 e. The number of ether oxygens (including phenoxy) is 2. The van der Waals surface area contributed by atoms with Gasteiger partial charge in [-0.1, -0.05) is 6.92 Å². The number of hydrogen-bond donors (Lipinski definition) is 1. The van der Waals surface area contributed by atoms with E-state index in [9.17, 15) is 5.11 Å². The predicted molar refractivity (Wildman–Crippen MR) is 87.6 cm³/mol. The first-order chi connectivity index (χ1) is 10.7. The first-order valence-electron chi connectivity index (χ1n) is 8.00. The van der Waals surface area contributed by atoms with Crippen LogP contribution in [0, 0.1) is 0 Å². The number of hydrogen-bond acceptors (Lipinski definition) is 5. The van der Waals surface area contributed by atoms with Gasteiger partial charge in [0.15, 0.2) is 0 Å². The maximum absolute atomic E-state index is 9.75. The number of piperazine rings is 1. The Labute approximate surface area is 133 Å². The van der Waals surface area contributed by atoms with E-state index in [4.69, 9.17) is 9.47 Å². The number of nitrogens with zero attached hydrogens (tertiary/aromatic N) is 2. The molecule has 0 saturated carbocycles. The molecule has 1 aromatic rings. The van der Waals surface area contributed by atoms with E-state index in [1.807, 2.05) is 25.1 Å². The molecule has 124 valence electrons. The van der Waals surface area contributed by atoms with Crippen molar-refractivity contribution in [3.63, 3.8) is 0 Å². The minimum Gasteiger partial charge on any atom is -0.497 e. The summed E-state index contributed by atoms with van der Waals surface area (Å²) in [6.45, 7) is 7.70. The van der Waals surface area contributed by atoms with Crippen LogP contribution in [-0.4, -0.2) is 68.0 Å². The molecule has 22 heavy (non-hydrogen) atoms. The van der Waals surface area contributed by atoms with Gasteiger partial charge >= 0.3 is 0 Å². The molecule has 5 nitrogen and oxygen atoms in total. The number of aliphatic hydroxyl groups excluding tert-OH is 1. The molecule has 2 rings (SSSR count). The highest BCUT2D eigenvalue weighted by Crippen LogP contribution is 2.25. The number of β-amino-alcohol motifs (C(OH)–C–C–N with tert-alkyl or cyclic N) is 1. The third-order valence-electron chi connectivity index (χ3n) is 4.29. The second-order valence-corrected chi connectivity index (χ2v) is 5.82. The van der Waals surface area contributed by atoms with Crippen molar-refractivity contribution in [1.82, 2.24) is 9.80 Å². The average Bonchev–Trinajstić information content (AvgIpc) is 2.56. The van der Waals surface area contributed by atoms with Crippen molar-refractivity contribution in [2.45, 2.75) is 26.0 Å². The van der Waals surface area contributed by atoms with Gasteiger partial charge in [0.05, 0.1) is 20.3 Å². The lowest BCUT2D eigenvalue weighted by Gasteiger charge is -2.35. The van der Waals surface area contributed by atoms with Crippen LogP contribution in [0.3, 0.4) is 0 Å². The highest BCUT2D eigenvalue weighted by molar-refractivity contribution is 5.40. The number of methoxy groups -OCH3 is 2. The lowest BCUT2D eigenvalue weighted by atomic mass is 10.1. The summed E-state index contributed by atoms with van der Waals surface area (Å²) in [6, 6.07) is 5.93. The normalized spacial score (nSPS) is 18.2. The molecular formula is C17H28N2O3. The number of rotatable bonds is 7. The maximum atomic E-state index is 9.75. The average molecular weight is 308 g/mol. The van der Waals surface area contributed by atoms with E-state index in [-0.39, 0.29) is 6.10 Å². The molecule has 0 bridgehead atoms. The largest absolute Gasteiger partial charge is 0.497 e. The zero-order valence-electron chi connectivity index (χ0n) is 13.9. The zero-order chi connectivity index (χ0) is 15.9. The second kappa shape index (κ2) is 8.36. The topological polar surface area (TPSA) is 45.2 Å². The quantitative estimate of drug-likeness (QED) is 0.829. The molecule has 1 atom stereocenters. The molecule has 0 amide bonds. The van der Waals surface area contributed by atoms with E-state index in [1.165, 1.54) is 0 Å². The van der Waals surface area contributed by atoms with Gasteiger partial charge in [0.2, 0.25) is 0 Å². The van der Waals surface area contributed by atoms with Gasteiger partial charge in [0, 0.05) is 44.8 Å². The molecule has 0 aliphatic carbocycles. The summed E-state index contributed by atoms with van der Waals surface area (Å²) >= 11 is 0. The van der Waals surface area contributed by atoms with Gasteiger partial charge in [-0.3, -0.25) is 9.80 Å². The van der Waals surface area contributed by atoms with Crippen LogP contribution in [0.4, 0.5) is 0 Å². The van der Waals surface area contributed by atoms with Crippen LogP contribution in [0.25, 0.3) is 0 Å². The first-order valence-corrected chi connectivity index (χ1v) is 8.00. The molecule has 0 spiro atoms. The van der Waals surface area contributed by atoms with Gasteiger partial charge < -0.3 is 14.6 Å². The van der Waals surface area contributed by atoms with E-state index >= 15 is 0 Å². The predicted octanol–water partition coefficient (Wildman–Crippen LogP) is 1.59. The summed E-state index contributed by atoms with van der Waals surface area (Å²) < 4.78 is 10.8. The minimum absolute atomic E-state index is 0.204. The molecule has 5 heteroatoms. The molecule has 0 aromatic heterocycles. The van der Waals surface area contributed by atoms with Gasteiger partial charge in [-0.05, 0) is 24.6 Å². The van der Waals surface area contributed by atoms with Crippen molar-refractivity contribution in [2.75, 3.05) is 46.9 Å². The van der Waals surface area contributed by atoms with Gasteiger partial charge in [-0.2, -0.15) is 0 Å². The van der Waals surface area contributed by atoms with Gasteiger partial charge in [0.1, 0.15) is 11.5 Å². The Balaban J connectivity index is 1.90. The Morgan fingerprint density at radius 1 is 1.09 bits per heavy atom. The van der Waals surface area contributed by atoms with E-state index < -0.39 is 0 Å². The molecule has 1 unspecified atom stereocenters. The fourth-order valence-corrected chi connectivity index (χ4v) is 2.80. The van der Waals surface area contributed by atoms with Gasteiger partial charge in [-0.25, -0.2) is 0 Å². The van der Waals surface area contributed by atoms with Crippen LogP contribution in [0.5, 0.6) is 11.5 Å². The van der Waals surface area contributed by atoms with Crippen LogP contribution in [-0.2, 0) is 6.54 Å². The van der Waals surface area contributed by atoms with E-state index in [2.05, 4.69) is 9.80 Å². The Kier molecular flexibility index (Phi) is 6.49. The van der Waals surface area contributed by atoms with Gasteiger partial charge in [0.25, 0.3) is 0 Å². The smallest absolute Gasteiger partial charge is 0.123 e. The van der Waals surface area contributed by atoms with Crippen LogP contribution < -0.4 is 9.47 Å². The third kappa shape index (κ3) is 4.60. The number of aliphatic hydroxyl groups is 1. The Morgan fingerprint density at radius 2 is 1.77 bits per heavy atom. The summed E-state index contributed by atoms with van der Waals surface area (Å²) in [5, 5.41) is 9.75. The lowest BCUT2D eigenvalue weighted by Crippen LogP contribution is -2.48. The zero-order valence-corrected chi connectivity index (χ0v) is 13.9. The molecule has 1 aliphatic rings. The number of benzene rings is 1.